The van der Waals surface area contributed by atoms with E-state index in [4.69, 9.17) is 25.8 Å². The lowest BCUT2D eigenvalue weighted by Gasteiger charge is -2.12. The van der Waals surface area contributed by atoms with E-state index in [1.807, 2.05) is 13.8 Å². The molecule has 0 saturated heterocycles. The van der Waals surface area contributed by atoms with Gasteiger partial charge in [-0.15, -0.1) is 5.10 Å². The van der Waals surface area contributed by atoms with E-state index in [2.05, 4.69) is 20.5 Å². The van der Waals surface area contributed by atoms with Gasteiger partial charge in [-0.2, -0.15) is 0 Å². The highest BCUT2D eigenvalue weighted by Crippen LogP contribution is 2.32. The number of benzene rings is 2. The summed E-state index contributed by atoms with van der Waals surface area (Å²) in [7, 11) is 1.57. The van der Waals surface area contributed by atoms with Crippen LogP contribution in [0.3, 0.4) is 0 Å². The first kappa shape index (κ1) is 22.8. The molecule has 0 aliphatic heterocycles. The molecule has 3 rings (SSSR count). The Hall–Kier alpha value is -2.91. The predicted octanol–water partition coefficient (Wildman–Crippen LogP) is 4.66. The second kappa shape index (κ2) is 10.9. The molecule has 2 N–H and O–H groups in total. The van der Waals surface area contributed by atoms with Gasteiger partial charge >= 0.3 is 0 Å². The molecule has 0 spiro atoms. The van der Waals surface area contributed by atoms with Gasteiger partial charge in [0.2, 0.25) is 11.1 Å². The molecule has 0 bridgehead atoms. The third-order valence-electron chi connectivity index (χ3n) is 4.04. The molecule has 31 heavy (non-hydrogen) atoms. The van der Waals surface area contributed by atoms with Crippen LogP contribution in [0.1, 0.15) is 13.8 Å². The van der Waals surface area contributed by atoms with Crippen LogP contribution in [0.4, 0.5) is 5.69 Å². The number of anilines is 1. The van der Waals surface area contributed by atoms with Gasteiger partial charge in [-0.05, 0) is 44.2 Å². The third-order valence-corrected chi connectivity index (χ3v) is 5.12. The van der Waals surface area contributed by atoms with Gasteiger partial charge in [-0.1, -0.05) is 23.4 Å². The molecule has 0 unspecified atom stereocenters. The summed E-state index contributed by atoms with van der Waals surface area (Å²) in [4.78, 5) is 16.8. The summed E-state index contributed by atoms with van der Waals surface area (Å²) < 4.78 is 16.5. The summed E-state index contributed by atoms with van der Waals surface area (Å²) in [6.07, 6.45) is 0. The van der Waals surface area contributed by atoms with Crippen molar-refractivity contribution in [2.75, 3.05) is 31.4 Å². The van der Waals surface area contributed by atoms with E-state index in [1.54, 1.807) is 43.5 Å². The highest BCUT2D eigenvalue weighted by molar-refractivity contribution is 7.99. The summed E-state index contributed by atoms with van der Waals surface area (Å²) in [6.45, 7) is 4.82. The van der Waals surface area contributed by atoms with Gasteiger partial charge in [-0.25, -0.2) is 4.98 Å². The van der Waals surface area contributed by atoms with Crippen LogP contribution in [-0.4, -0.2) is 47.2 Å². The smallest absolute Gasteiger partial charge is 0.234 e. The Kier molecular flexibility index (Phi) is 8.02. The maximum Gasteiger partial charge on any atom is 0.234 e. The SMILES string of the molecule is CCOc1ccc(NC(=O)CSc2n[nH]c(-c3cc(Cl)ccc3OC)n2)cc1OCC. The average Bonchev–Trinajstić information content (AvgIpc) is 3.23. The number of nitrogens with zero attached hydrogens (tertiary/aromatic N) is 2. The van der Waals surface area contributed by atoms with E-state index >= 15 is 0 Å². The Balaban J connectivity index is 1.62. The Bertz CT molecular complexity index is 1040. The van der Waals surface area contributed by atoms with Crippen molar-refractivity contribution in [3.63, 3.8) is 0 Å². The molecule has 0 saturated carbocycles. The summed E-state index contributed by atoms with van der Waals surface area (Å²) in [5.41, 5.74) is 1.31. The molecule has 0 aliphatic carbocycles. The van der Waals surface area contributed by atoms with Gasteiger partial charge in [0.05, 0.1) is 31.6 Å². The van der Waals surface area contributed by atoms with Gasteiger partial charge in [0, 0.05) is 16.8 Å². The molecule has 0 aliphatic rings. The van der Waals surface area contributed by atoms with Crippen LogP contribution < -0.4 is 19.5 Å². The molecule has 164 valence electrons. The number of halogens is 1. The molecule has 3 aromatic rings. The molecule has 1 amide bonds. The van der Waals surface area contributed by atoms with Crippen molar-refractivity contribution < 1.29 is 19.0 Å². The summed E-state index contributed by atoms with van der Waals surface area (Å²) in [6, 6.07) is 10.5. The normalized spacial score (nSPS) is 10.6. The van der Waals surface area contributed by atoms with Crippen molar-refractivity contribution in [1.29, 1.82) is 0 Å². The molecule has 8 nitrogen and oxygen atoms in total. The lowest BCUT2D eigenvalue weighted by Crippen LogP contribution is -2.14. The quantitative estimate of drug-likeness (QED) is 0.422. The number of rotatable bonds is 10. The zero-order chi connectivity index (χ0) is 22.2. The first-order valence-corrected chi connectivity index (χ1v) is 11.0. The summed E-state index contributed by atoms with van der Waals surface area (Å²) in [5.74, 6) is 2.31. The van der Waals surface area contributed by atoms with Crippen LogP contribution in [0.5, 0.6) is 17.2 Å². The summed E-state index contributed by atoms with van der Waals surface area (Å²) >= 11 is 7.29. The van der Waals surface area contributed by atoms with E-state index in [-0.39, 0.29) is 11.7 Å². The number of hydrogen-bond donors (Lipinski definition) is 2. The Morgan fingerprint density at radius 2 is 1.84 bits per heavy atom. The van der Waals surface area contributed by atoms with E-state index in [9.17, 15) is 4.79 Å². The van der Waals surface area contributed by atoms with Gasteiger partial charge in [-0.3, -0.25) is 9.89 Å². The van der Waals surface area contributed by atoms with Crippen molar-refractivity contribution >= 4 is 35.0 Å². The lowest BCUT2D eigenvalue weighted by molar-refractivity contribution is -0.113. The van der Waals surface area contributed by atoms with E-state index in [0.717, 1.165) is 0 Å². The number of methoxy groups -OCH3 is 1. The molecule has 10 heteroatoms. The Morgan fingerprint density at radius 3 is 2.58 bits per heavy atom. The van der Waals surface area contributed by atoms with Crippen LogP contribution in [0.2, 0.25) is 5.02 Å². The molecule has 0 radical (unpaired) electrons. The van der Waals surface area contributed by atoms with Crippen molar-refractivity contribution in [3.8, 4) is 28.6 Å². The summed E-state index contributed by atoms with van der Waals surface area (Å²) in [5, 5.41) is 10.9. The van der Waals surface area contributed by atoms with Gasteiger partial charge < -0.3 is 19.5 Å². The number of hydrogen-bond acceptors (Lipinski definition) is 7. The zero-order valence-electron chi connectivity index (χ0n) is 17.4. The molecular formula is C21H23ClN4O4S. The average molecular weight is 463 g/mol. The number of aromatic amines is 1. The van der Waals surface area contributed by atoms with Crippen LogP contribution in [0.15, 0.2) is 41.6 Å². The Labute approximate surface area is 189 Å². The molecule has 1 heterocycles. The Morgan fingerprint density at radius 1 is 1.10 bits per heavy atom. The van der Waals surface area contributed by atoms with Crippen LogP contribution in [-0.2, 0) is 4.79 Å². The van der Waals surface area contributed by atoms with Gasteiger partial charge in [0.1, 0.15) is 5.75 Å². The number of amides is 1. The molecule has 0 atom stereocenters. The molecule has 1 aromatic heterocycles. The van der Waals surface area contributed by atoms with E-state index < -0.39 is 0 Å². The minimum atomic E-state index is -0.191. The first-order chi connectivity index (χ1) is 15.0. The number of thioether (sulfide) groups is 1. The number of carbonyl (C=O) groups excluding carboxylic acids is 1. The fraction of sp³-hybridized carbons (Fsp3) is 0.286. The second-order valence-corrected chi connectivity index (χ2v) is 7.55. The maximum absolute atomic E-state index is 12.4. The minimum absolute atomic E-state index is 0.140. The lowest BCUT2D eigenvalue weighted by atomic mass is 10.2. The van der Waals surface area contributed by atoms with Crippen molar-refractivity contribution in [3.05, 3.63) is 41.4 Å². The number of H-pyrrole nitrogens is 1. The fourth-order valence-corrected chi connectivity index (χ4v) is 3.52. The van der Waals surface area contributed by atoms with Gasteiger partial charge in [0.25, 0.3) is 0 Å². The van der Waals surface area contributed by atoms with E-state index in [1.165, 1.54) is 11.8 Å². The zero-order valence-corrected chi connectivity index (χ0v) is 19.0. The first-order valence-electron chi connectivity index (χ1n) is 9.62. The van der Waals surface area contributed by atoms with Crippen molar-refractivity contribution in [2.24, 2.45) is 0 Å². The van der Waals surface area contributed by atoms with Crippen LogP contribution in [0.25, 0.3) is 11.4 Å². The van der Waals surface area contributed by atoms with Gasteiger partial charge in [0.15, 0.2) is 17.3 Å². The number of carbonyl (C=O) groups is 1. The molecular weight excluding hydrogens is 440 g/mol. The standard InChI is InChI=1S/C21H23ClN4O4S/c1-4-29-17-9-7-14(11-18(17)30-5-2)23-19(27)12-31-21-24-20(25-26-21)15-10-13(22)6-8-16(15)28-3/h6-11H,4-5,12H2,1-3H3,(H,23,27)(H,24,25,26). The number of nitrogens with one attached hydrogen (secondary N) is 2. The fourth-order valence-electron chi connectivity index (χ4n) is 2.75. The maximum atomic E-state index is 12.4. The topological polar surface area (TPSA) is 98.4 Å². The largest absolute Gasteiger partial charge is 0.496 e. The monoisotopic (exact) mass is 462 g/mol. The highest BCUT2D eigenvalue weighted by Gasteiger charge is 2.14. The molecule has 2 aromatic carbocycles. The van der Waals surface area contributed by atoms with Crippen LogP contribution >= 0.6 is 23.4 Å². The number of ether oxygens (including phenoxy) is 3. The number of aromatic nitrogens is 3. The second-order valence-electron chi connectivity index (χ2n) is 6.18. The highest BCUT2D eigenvalue weighted by atomic mass is 35.5. The van der Waals surface area contributed by atoms with Crippen LogP contribution in [0, 0.1) is 0 Å². The molecule has 0 fully saturated rings. The van der Waals surface area contributed by atoms with Crippen molar-refractivity contribution in [1.82, 2.24) is 15.2 Å². The third kappa shape index (κ3) is 6.05. The minimum Gasteiger partial charge on any atom is -0.496 e. The van der Waals surface area contributed by atoms with E-state index in [0.29, 0.717) is 57.7 Å². The predicted molar refractivity (Wildman–Crippen MR) is 122 cm³/mol. The van der Waals surface area contributed by atoms with Crippen molar-refractivity contribution in [2.45, 2.75) is 19.0 Å².